The van der Waals surface area contributed by atoms with Crippen LogP contribution in [0.4, 0.5) is 0 Å². The van der Waals surface area contributed by atoms with Crippen LogP contribution in [0.2, 0.25) is 0 Å². The van der Waals surface area contributed by atoms with E-state index >= 15 is 0 Å². The lowest BCUT2D eigenvalue weighted by Crippen LogP contribution is -2.15. The lowest BCUT2D eigenvalue weighted by Gasteiger charge is -2.27. The Morgan fingerprint density at radius 1 is 0.500 bits per heavy atom. The fraction of sp³-hybridized carbons (Fsp3) is 0.250. The topological polar surface area (TPSA) is 40.5 Å². The predicted octanol–water partition coefficient (Wildman–Crippen LogP) is 5.08. The van der Waals surface area contributed by atoms with Crippen LogP contribution in [0.1, 0.15) is 56.7 Å². The third-order valence-corrected chi connectivity index (χ3v) is 5.56. The van der Waals surface area contributed by atoms with Gasteiger partial charge in [-0.15, -0.1) is 0 Å². The zero-order valence-electron chi connectivity index (χ0n) is 15.8. The molecule has 2 heteroatoms. The summed E-state index contributed by atoms with van der Waals surface area (Å²) in [4.78, 5) is 0. The fourth-order valence-electron chi connectivity index (χ4n) is 3.68. The quantitative estimate of drug-likeness (QED) is 0.691. The molecule has 3 aromatic rings. The third-order valence-electron chi connectivity index (χ3n) is 5.56. The SMILES string of the molecule is Cc1c(C)c(C)c(C(O)c2ccccc2)c(C(O)c2ccccc2)c1C. The molecule has 3 aromatic carbocycles. The van der Waals surface area contributed by atoms with Crippen molar-refractivity contribution in [1.82, 2.24) is 0 Å². The van der Waals surface area contributed by atoms with Crippen LogP contribution in [0.3, 0.4) is 0 Å². The Hall–Kier alpha value is -2.42. The largest absolute Gasteiger partial charge is 0.384 e. The highest BCUT2D eigenvalue weighted by Crippen LogP contribution is 2.39. The summed E-state index contributed by atoms with van der Waals surface area (Å²) in [6, 6.07) is 19.3. The highest BCUT2D eigenvalue weighted by molar-refractivity contribution is 5.55. The summed E-state index contributed by atoms with van der Waals surface area (Å²) >= 11 is 0. The molecule has 0 saturated heterocycles. The monoisotopic (exact) mass is 346 g/mol. The second-order valence-corrected chi connectivity index (χ2v) is 6.95. The lowest BCUT2D eigenvalue weighted by atomic mass is 9.81. The van der Waals surface area contributed by atoms with Gasteiger partial charge in [0.05, 0.1) is 0 Å². The van der Waals surface area contributed by atoms with E-state index in [0.717, 1.165) is 44.5 Å². The average Bonchev–Trinajstić information content (AvgIpc) is 2.69. The summed E-state index contributed by atoms with van der Waals surface area (Å²) in [7, 11) is 0. The zero-order chi connectivity index (χ0) is 18.8. The maximum absolute atomic E-state index is 11.2. The molecule has 0 aliphatic carbocycles. The molecule has 2 nitrogen and oxygen atoms in total. The van der Waals surface area contributed by atoms with Gasteiger partial charge in [0.1, 0.15) is 12.2 Å². The van der Waals surface area contributed by atoms with Crippen LogP contribution in [-0.4, -0.2) is 10.2 Å². The van der Waals surface area contributed by atoms with Crippen LogP contribution < -0.4 is 0 Å². The summed E-state index contributed by atoms with van der Waals surface area (Å²) in [6.45, 7) is 8.23. The van der Waals surface area contributed by atoms with Crippen LogP contribution in [-0.2, 0) is 0 Å². The molecule has 26 heavy (non-hydrogen) atoms. The van der Waals surface area contributed by atoms with E-state index in [1.807, 2.05) is 74.5 Å². The Morgan fingerprint density at radius 2 is 0.808 bits per heavy atom. The highest BCUT2D eigenvalue weighted by atomic mass is 16.3. The molecule has 2 N–H and O–H groups in total. The van der Waals surface area contributed by atoms with Gasteiger partial charge in [0.25, 0.3) is 0 Å². The minimum Gasteiger partial charge on any atom is -0.384 e. The van der Waals surface area contributed by atoms with E-state index < -0.39 is 12.2 Å². The van der Waals surface area contributed by atoms with Crippen LogP contribution in [0.15, 0.2) is 60.7 Å². The molecular formula is C24H26O2. The van der Waals surface area contributed by atoms with Crippen molar-refractivity contribution in [2.45, 2.75) is 39.9 Å². The molecule has 0 bridgehead atoms. The standard InChI is InChI=1S/C24H26O2/c1-15-16(2)18(4)22(24(26)20-13-9-6-10-14-20)21(17(15)3)23(25)19-11-7-5-8-12-19/h5-14,23-26H,1-4H3. The molecule has 2 unspecified atom stereocenters. The molecule has 134 valence electrons. The van der Waals surface area contributed by atoms with E-state index in [9.17, 15) is 10.2 Å². The van der Waals surface area contributed by atoms with Gasteiger partial charge in [0.15, 0.2) is 0 Å². The summed E-state index contributed by atoms with van der Waals surface area (Å²) in [5.41, 5.74) is 7.69. The van der Waals surface area contributed by atoms with Crippen molar-refractivity contribution in [3.63, 3.8) is 0 Å². The summed E-state index contributed by atoms with van der Waals surface area (Å²) < 4.78 is 0. The van der Waals surface area contributed by atoms with E-state index in [0.29, 0.717) is 0 Å². The molecule has 0 radical (unpaired) electrons. The van der Waals surface area contributed by atoms with Crippen molar-refractivity contribution in [2.24, 2.45) is 0 Å². The number of rotatable bonds is 4. The van der Waals surface area contributed by atoms with Crippen molar-refractivity contribution in [3.05, 3.63) is 105 Å². The average molecular weight is 346 g/mol. The molecule has 3 rings (SSSR count). The van der Waals surface area contributed by atoms with Crippen molar-refractivity contribution >= 4 is 0 Å². The Balaban J connectivity index is 2.26. The van der Waals surface area contributed by atoms with Gasteiger partial charge in [-0.3, -0.25) is 0 Å². The minimum atomic E-state index is -0.775. The molecule has 0 saturated carbocycles. The number of aliphatic hydroxyl groups is 2. The van der Waals surface area contributed by atoms with Crippen LogP contribution in [0.5, 0.6) is 0 Å². The van der Waals surface area contributed by atoms with Gasteiger partial charge in [0, 0.05) is 0 Å². The molecule has 0 spiro atoms. The van der Waals surface area contributed by atoms with E-state index in [-0.39, 0.29) is 0 Å². The van der Waals surface area contributed by atoms with Gasteiger partial charge in [-0.2, -0.15) is 0 Å². The number of benzene rings is 3. The van der Waals surface area contributed by atoms with Gasteiger partial charge >= 0.3 is 0 Å². The Labute approximate surface area is 155 Å². The summed E-state index contributed by atoms with van der Waals surface area (Å²) in [5.74, 6) is 0. The summed E-state index contributed by atoms with van der Waals surface area (Å²) in [6.07, 6.45) is -1.55. The first-order valence-electron chi connectivity index (χ1n) is 8.99. The minimum absolute atomic E-state index is 0.775. The first kappa shape index (κ1) is 18.4. The highest BCUT2D eigenvalue weighted by Gasteiger charge is 2.26. The molecule has 0 amide bonds. The van der Waals surface area contributed by atoms with Crippen LogP contribution in [0, 0.1) is 27.7 Å². The van der Waals surface area contributed by atoms with Gasteiger partial charge in [-0.25, -0.2) is 0 Å². The first-order chi connectivity index (χ1) is 12.4. The van der Waals surface area contributed by atoms with Gasteiger partial charge < -0.3 is 10.2 Å². The Morgan fingerprint density at radius 3 is 1.12 bits per heavy atom. The van der Waals surface area contributed by atoms with Crippen molar-refractivity contribution in [2.75, 3.05) is 0 Å². The summed E-state index contributed by atoms with van der Waals surface area (Å²) in [5, 5.41) is 22.4. The molecule has 0 aliphatic rings. The van der Waals surface area contributed by atoms with E-state index in [1.165, 1.54) is 0 Å². The second-order valence-electron chi connectivity index (χ2n) is 6.95. The maximum Gasteiger partial charge on any atom is 0.105 e. The third kappa shape index (κ3) is 3.18. The van der Waals surface area contributed by atoms with Crippen molar-refractivity contribution in [1.29, 1.82) is 0 Å². The predicted molar refractivity (Wildman–Crippen MR) is 106 cm³/mol. The van der Waals surface area contributed by atoms with E-state index in [2.05, 4.69) is 13.8 Å². The van der Waals surface area contributed by atoms with Crippen LogP contribution >= 0.6 is 0 Å². The van der Waals surface area contributed by atoms with E-state index in [4.69, 9.17) is 0 Å². The fourth-order valence-corrected chi connectivity index (χ4v) is 3.68. The van der Waals surface area contributed by atoms with Crippen LogP contribution in [0.25, 0.3) is 0 Å². The van der Waals surface area contributed by atoms with E-state index in [1.54, 1.807) is 0 Å². The number of aliphatic hydroxyl groups excluding tert-OH is 2. The second kappa shape index (κ2) is 7.45. The zero-order valence-corrected chi connectivity index (χ0v) is 15.8. The number of hydrogen-bond acceptors (Lipinski definition) is 2. The van der Waals surface area contributed by atoms with Crippen molar-refractivity contribution < 1.29 is 10.2 Å². The molecule has 0 fully saturated rings. The smallest absolute Gasteiger partial charge is 0.105 e. The molecule has 0 aliphatic heterocycles. The van der Waals surface area contributed by atoms with Gasteiger partial charge in [-0.05, 0) is 72.2 Å². The first-order valence-corrected chi connectivity index (χ1v) is 8.99. The molecule has 2 atom stereocenters. The van der Waals surface area contributed by atoms with Gasteiger partial charge in [-0.1, -0.05) is 60.7 Å². The lowest BCUT2D eigenvalue weighted by molar-refractivity contribution is 0.195. The number of hydrogen-bond donors (Lipinski definition) is 2. The Kier molecular flexibility index (Phi) is 5.26. The van der Waals surface area contributed by atoms with Gasteiger partial charge in [0.2, 0.25) is 0 Å². The maximum atomic E-state index is 11.2. The Bertz CT molecular complexity index is 822. The van der Waals surface area contributed by atoms with Crippen molar-refractivity contribution in [3.8, 4) is 0 Å². The molecule has 0 heterocycles. The normalized spacial score (nSPS) is 13.5. The molecule has 0 aromatic heterocycles. The molecular weight excluding hydrogens is 320 g/mol.